The molecule has 1 rings (SSSR count). The Morgan fingerprint density at radius 3 is 2.46 bits per heavy atom. The van der Waals surface area contributed by atoms with Crippen molar-refractivity contribution < 1.29 is 23.9 Å². The highest BCUT2D eigenvalue weighted by molar-refractivity contribution is 5.81. The Morgan fingerprint density at radius 2 is 1.92 bits per heavy atom. The van der Waals surface area contributed by atoms with E-state index in [2.05, 4.69) is 10.6 Å². The maximum atomic E-state index is 12.1. The molecule has 0 aromatic heterocycles. The highest BCUT2D eigenvalue weighted by Crippen LogP contribution is 2.07. The van der Waals surface area contributed by atoms with Crippen LogP contribution in [-0.4, -0.2) is 42.8 Å². The van der Waals surface area contributed by atoms with Crippen molar-refractivity contribution in [2.75, 3.05) is 6.61 Å². The fraction of sp³-hybridized carbons (Fsp3) is 0.444. The first kappa shape index (κ1) is 21.1. The third-order valence-electron chi connectivity index (χ3n) is 3.02. The molecule has 1 unspecified atom stereocenters. The number of ether oxygens (including phenoxy) is 2. The summed E-state index contributed by atoms with van der Waals surface area (Å²) in [4.78, 5) is 35.4. The van der Waals surface area contributed by atoms with Crippen molar-refractivity contribution in [3.05, 3.63) is 35.9 Å². The summed E-state index contributed by atoms with van der Waals surface area (Å²) in [5.74, 6) is -0.891. The van der Waals surface area contributed by atoms with Gasteiger partial charge in [0.15, 0.2) is 12.8 Å². The number of hydrogen-bond acceptors (Lipinski definition) is 7. The zero-order chi connectivity index (χ0) is 19.6. The van der Waals surface area contributed by atoms with Crippen molar-refractivity contribution in [1.82, 2.24) is 10.6 Å². The minimum atomic E-state index is -1.34. The molecule has 8 heteroatoms. The van der Waals surface area contributed by atoms with Gasteiger partial charge in [-0.15, -0.1) is 0 Å². The smallest absolute Gasteiger partial charge is 0.409 e. The lowest BCUT2D eigenvalue weighted by molar-refractivity contribution is -0.146. The number of carbonyl (C=O) groups is 3. The molecule has 0 aliphatic rings. The maximum Gasteiger partial charge on any atom is 0.409 e. The lowest BCUT2D eigenvalue weighted by Crippen LogP contribution is -2.56. The number of benzene rings is 1. The lowest BCUT2D eigenvalue weighted by atomic mass is 10.1. The van der Waals surface area contributed by atoms with Gasteiger partial charge in [-0.25, -0.2) is 9.59 Å². The Morgan fingerprint density at radius 1 is 1.27 bits per heavy atom. The van der Waals surface area contributed by atoms with E-state index in [1.807, 2.05) is 30.3 Å². The molecule has 0 aliphatic carbocycles. The summed E-state index contributed by atoms with van der Waals surface area (Å²) in [7, 11) is 0. The van der Waals surface area contributed by atoms with E-state index in [1.54, 1.807) is 26.8 Å². The Bertz CT molecular complexity index is 649. The van der Waals surface area contributed by atoms with Crippen molar-refractivity contribution in [2.24, 2.45) is 0 Å². The van der Waals surface area contributed by atoms with Gasteiger partial charge in [-0.3, -0.25) is 10.6 Å². The Balaban J connectivity index is 2.81. The molecular formula is C18H23N3O5. The first-order valence-corrected chi connectivity index (χ1v) is 8.03. The van der Waals surface area contributed by atoms with Crippen molar-refractivity contribution in [3.8, 4) is 6.07 Å². The minimum absolute atomic E-state index is 0.308. The van der Waals surface area contributed by atoms with Crippen LogP contribution in [0.15, 0.2) is 30.3 Å². The van der Waals surface area contributed by atoms with Crippen LogP contribution in [-0.2, 0) is 25.5 Å². The van der Waals surface area contributed by atoms with Crippen LogP contribution in [0.1, 0.15) is 26.3 Å². The Labute approximate surface area is 152 Å². The molecule has 140 valence electrons. The van der Waals surface area contributed by atoms with Crippen molar-refractivity contribution in [3.63, 3.8) is 0 Å². The zero-order valence-electron chi connectivity index (χ0n) is 15.0. The van der Waals surface area contributed by atoms with Gasteiger partial charge in [0.1, 0.15) is 18.0 Å². The number of esters is 1. The molecule has 0 aliphatic heterocycles. The number of nitrogens with one attached hydrogen (secondary N) is 2. The number of carbonyl (C=O) groups excluding carboxylic acids is 3. The molecule has 0 saturated carbocycles. The monoisotopic (exact) mass is 361 g/mol. The molecule has 2 atom stereocenters. The fourth-order valence-electron chi connectivity index (χ4n) is 2.01. The first-order valence-electron chi connectivity index (χ1n) is 8.03. The number of rotatable bonds is 8. The van der Waals surface area contributed by atoms with Gasteiger partial charge in [0.2, 0.25) is 0 Å². The Hall–Kier alpha value is -2.92. The number of aldehydes is 1. The van der Waals surface area contributed by atoms with Crippen LogP contribution in [0.4, 0.5) is 4.79 Å². The summed E-state index contributed by atoms with van der Waals surface area (Å²) < 4.78 is 9.84. The second-order valence-corrected chi connectivity index (χ2v) is 6.44. The first-order chi connectivity index (χ1) is 12.2. The second-order valence-electron chi connectivity index (χ2n) is 6.44. The van der Waals surface area contributed by atoms with Gasteiger partial charge < -0.3 is 14.3 Å². The predicted octanol–water partition coefficient (Wildman–Crippen LogP) is 1.30. The van der Waals surface area contributed by atoms with E-state index < -0.39 is 36.5 Å². The van der Waals surface area contributed by atoms with Crippen LogP contribution in [0.25, 0.3) is 0 Å². The average Bonchev–Trinajstić information content (AvgIpc) is 2.57. The van der Waals surface area contributed by atoms with Gasteiger partial charge in [0.25, 0.3) is 0 Å². The minimum Gasteiger partial charge on any atom is -0.448 e. The maximum absolute atomic E-state index is 12.1. The third kappa shape index (κ3) is 8.26. The summed E-state index contributed by atoms with van der Waals surface area (Å²) in [6.45, 7) is 4.55. The van der Waals surface area contributed by atoms with Crippen molar-refractivity contribution >= 4 is 18.3 Å². The lowest BCUT2D eigenvalue weighted by Gasteiger charge is -2.25. The van der Waals surface area contributed by atoms with Crippen LogP contribution in [0, 0.1) is 11.3 Å². The number of nitrogens with zero attached hydrogens (tertiary/aromatic N) is 1. The molecule has 1 amide bonds. The Kier molecular flexibility index (Phi) is 8.25. The van der Waals surface area contributed by atoms with E-state index in [4.69, 9.17) is 14.7 Å². The van der Waals surface area contributed by atoms with Crippen molar-refractivity contribution in [2.45, 2.75) is 45.0 Å². The normalized spacial score (nSPS) is 13.0. The van der Waals surface area contributed by atoms with Crippen LogP contribution in [0.3, 0.4) is 0 Å². The average molecular weight is 361 g/mol. The molecule has 2 N–H and O–H groups in total. The topological polar surface area (TPSA) is 118 Å². The number of amides is 1. The largest absolute Gasteiger partial charge is 0.448 e. The van der Waals surface area contributed by atoms with E-state index in [-0.39, 0.29) is 0 Å². The van der Waals surface area contributed by atoms with Crippen molar-refractivity contribution in [1.29, 1.82) is 5.26 Å². The van der Waals surface area contributed by atoms with Crippen LogP contribution < -0.4 is 10.6 Å². The molecule has 1 aromatic rings. The van der Waals surface area contributed by atoms with Gasteiger partial charge >= 0.3 is 12.1 Å². The predicted molar refractivity (Wildman–Crippen MR) is 92.9 cm³/mol. The van der Waals surface area contributed by atoms with E-state index in [0.717, 1.165) is 5.56 Å². The molecule has 0 spiro atoms. The standard InChI is InChI=1S/C18H23N3O5/c1-18(2,3)26-17(24)21-15(16(23)25-10-9-19)20-14(12-22)11-13-7-5-4-6-8-13/h4-8,12,14-15,20H,10-11H2,1-3H3,(H,21,24)/t14-,15?/m0/s1. The fourth-order valence-corrected chi connectivity index (χ4v) is 2.01. The van der Waals surface area contributed by atoms with E-state index >= 15 is 0 Å². The molecule has 0 fully saturated rings. The molecule has 0 heterocycles. The summed E-state index contributed by atoms with van der Waals surface area (Å²) in [6, 6.07) is 10.1. The molecule has 0 radical (unpaired) electrons. The highest BCUT2D eigenvalue weighted by atomic mass is 16.6. The van der Waals surface area contributed by atoms with Gasteiger partial charge in [0.05, 0.1) is 6.04 Å². The number of alkyl carbamates (subject to hydrolysis) is 1. The summed E-state index contributed by atoms with van der Waals surface area (Å²) in [5.41, 5.74) is 0.109. The molecule has 1 aromatic carbocycles. The SMILES string of the molecule is CC(C)(C)OC(=O)NC(N[C@H](C=O)Cc1ccccc1)C(=O)OCC#N. The van der Waals surface area contributed by atoms with Gasteiger partial charge in [-0.05, 0) is 32.8 Å². The molecular weight excluding hydrogens is 338 g/mol. The molecule has 0 bridgehead atoms. The molecule has 26 heavy (non-hydrogen) atoms. The molecule has 0 saturated heterocycles. The van der Waals surface area contributed by atoms with E-state index in [9.17, 15) is 14.4 Å². The second kappa shape index (κ2) is 10.2. The number of hydrogen-bond donors (Lipinski definition) is 2. The molecule has 8 nitrogen and oxygen atoms in total. The van der Waals surface area contributed by atoms with Crippen LogP contribution in [0.5, 0.6) is 0 Å². The quantitative estimate of drug-likeness (QED) is 0.407. The number of nitriles is 1. The van der Waals surface area contributed by atoms with Gasteiger partial charge in [-0.2, -0.15) is 5.26 Å². The summed E-state index contributed by atoms with van der Waals surface area (Å²) in [5, 5.41) is 13.6. The van der Waals surface area contributed by atoms with Gasteiger partial charge in [-0.1, -0.05) is 30.3 Å². The van der Waals surface area contributed by atoms with Gasteiger partial charge in [0, 0.05) is 0 Å². The van der Waals surface area contributed by atoms with Crippen LogP contribution in [0.2, 0.25) is 0 Å². The highest BCUT2D eigenvalue weighted by Gasteiger charge is 2.27. The zero-order valence-corrected chi connectivity index (χ0v) is 15.0. The van der Waals surface area contributed by atoms with Crippen LogP contribution >= 0.6 is 0 Å². The third-order valence-corrected chi connectivity index (χ3v) is 3.02. The summed E-state index contributed by atoms with van der Waals surface area (Å²) in [6.07, 6.45) is -1.25. The van der Waals surface area contributed by atoms with E-state index in [0.29, 0.717) is 12.7 Å². The van der Waals surface area contributed by atoms with E-state index in [1.165, 1.54) is 0 Å². The summed E-state index contributed by atoms with van der Waals surface area (Å²) >= 11 is 0.